The number of aromatic nitrogens is 2. The van der Waals surface area contributed by atoms with E-state index in [9.17, 15) is 4.79 Å². The number of carbonyl (C=O) groups is 1. The van der Waals surface area contributed by atoms with Crippen LogP contribution in [0.15, 0.2) is 24.4 Å². The van der Waals surface area contributed by atoms with Crippen LogP contribution in [0.3, 0.4) is 0 Å². The molecule has 0 bridgehead atoms. The highest BCUT2D eigenvalue weighted by atomic mass is 35.5. The number of nitrogens with zero attached hydrogens (tertiary/aromatic N) is 2. The molecule has 0 radical (unpaired) electrons. The minimum atomic E-state index is -0.0919. The number of halogens is 1. The van der Waals surface area contributed by atoms with E-state index in [0.29, 0.717) is 6.04 Å². The quantitative estimate of drug-likeness (QED) is 0.910. The van der Waals surface area contributed by atoms with Gasteiger partial charge in [0.1, 0.15) is 0 Å². The number of carbonyl (C=O) groups excluding carboxylic acids is 1. The zero-order chi connectivity index (χ0) is 14.1. The highest BCUT2D eigenvalue weighted by molar-refractivity contribution is 7.99. The third-order valence-electron chi connectivity index (χ3n) is 3.39. The van der Waals surface area contributed by atoms with E-state index >= 15 is 0 Å². The Hall–Kier alpha value is -1.24. The molecule has 1 fully saturated rings. The van der Waals surface area contributed by atoms with Crippen molar-refractivity contribution >= 4 is 46.7 Å². The summed E-state index contributed by atoms with van der Waals surface area (Å²) in [7, 11) is 0. The third kappa shape index (κ3) is 3.33. The van der Waals surface area contributed by atoms with E-state index in [1.54, 1.807) is 11.8 Å². The fourth-order valence-corrected chi connectivity index (χ4v) is 3.26. The molecule has 1 aromatic heterocycles. The molecule has 7 heteroatoms. The molecule has 2 heterocycles. The van der Waals surface area contributed by atoms with Crippen LogP contribution in [-0.2, 0) is 4.79 Å². The molecule has 2 N–H and O–H groups in total. The van der Waals surface area contributed by atoms with Crippen molar-refractivity contribution in [3.8, 4) is 0 Å². The van der Waals surface area contributed by atoms with E-state index in [1.165, 1.54) is 0 Å². The first-order chi connectivity index (χ1) is 9.65. The van der Waals surface area contributed by atoms with Gasteiger partial charge in [-0.1, -0.05) is 0 Å². The molecule has 0 saturated carbocycles. The van der Waals surface area contributed by atoms with Gasteiger partial charge >= 0.3 is 0 Å². The Kier molecular flexibility index (Phi) is 5.13. The van der Waals surface area contributed by atoms with Gasteiger partial charge in [-0.25, -0.2) is 0 Å². The summed E-state index contributed by atoms with van der Waals surface area (Å²) >= 11 is 1.75. The summed E-state index contributed by atoms with van der Waals surface area (Å²) < 4.78 is 1.97. The predicted octanol–water partition coefficient (Wildman–Crippen LogP) is 2.64. The first kappa shape index (κ1) is 16.1. The molecule has 0 aliphatic carbocycles. The first-order valence-corrected chi connectivity index (χ1v) is 7.90. The highest BCUT2D eigenvalue weighted by Gasteiger charge is 2.22. The van der Waals surface area contributed by atoms with Gasteiger partial charge in [0, 0.05) is 28.7 Å². The average molecular weight is 327 g/mol. The van der Waals surface area contributed by atoms with Crippen LogP contribution in [0.4, 0.5) is 5.69 Å². The van der Waals surface area contributed by atoms with Crippen molar-refractivity contribution in [1.82, 2.24) is 15.1 Å². The second-order valence-corrected chi connectivity index (χ2v) is 6.25. The van der Waals surface area contributed by atoms with E-state index < -0.39 is 0 Å². The highest BCUT2D eigenvalue weighted by Crippen LogP contribution is 2.22. The Bertz CT molecular complexity index is 637. The van der Waals surface area contributed by atoms with E-state index in [2.05, 4.69) is 29.6 Å². The molecule has 1 unspecified atom stereocenters. The molecule has 1 saturated heterocycles. The molecule has 2 aromatic rings. The van der Waals surface area contributed by atoms with Crippen molar-refractivity contribution in [2.75, 3.05) is 16.9 Å². The predicted molar refractivity (Wildman–Crippen MR) is 90.2 cm³/mol. The van der Waals surface area contributed by atoms with Crippen LogP contribution < -0.4 is 10.6 Å². The Morgan fingerprint density at radius 1 is 1.52 bits per heavy atom. The second-order valence-electron chi connectivity index (χ2n) is 5.22. The van der Waals surface area contributed by atoms with E-state index in [0.717, 1.165) is 28.2 Å². The molecule has 1 aliphatic rings. The van der Waals surface area contributed by atoms with Gasteiger partial charge in [-0.05, 0) is 32.0 Å². The Labute approximate surface area is 134 Å². The lowest BCUT2D eigenvalue weighted by atomic mass is 10.2. The zero-order valence-corrected chi connectivity index (χ0v) is 13.6. The van der Waals surface area contributed by atoms with E-state index in [1.807, 2.05) is 29.1 Å². The Balaban J connectivity index is 0.00000161. The van der Waals surface area contributed by atoms with Crippen LogP contribution in [0, 0.1) is 0 Å². The average Bonchev–Trinajstić information content (AvgIpc) is 3.07. The van der Waals surface area contributed by atoms with Gasteiger partial charge < -0.3 is 5.32 Å². The van der Waals surface area contributed by atoms with Gasteiger partial charge in [0.15, 0.2) is 0 Å². The maximum atomic E-state index is 12.1. The smallest absolute Gasteiger partial charge is 0.242 e. The Morgan fingerprint density at radius 2 is 2.33 bits per heavy atom. The summed E-state index contributed by atoms with van der Waals surface area (Å²) in [5, 5.41) is 11.6. The van der Waals surface area contributed by atoms with Crippen molar-refractivity contribution in [3.05, 3.63) is 24.4 Å². The lowest BCUT2D eigenvalue weighted by Crippen LogP contribution is -2.37. The van der Waals surface area contributed by atoms with Gasteiger partial charge in [-0.3, -0.25) is 14.8 Å². The topological polar surface area (TPSA) is 59.0 Å². The number of hydrogen-bond acceptors (Lipinski definition) is 4. The summed E-state index contributed by atoms with van der Waals surface area (Å²) in [5.74, 6) is 1.71. The fourth-order valence-electron chi connectivity index (χ4n) is 2.32. The minimum Gasteiger partial charge on any atom is -0.325 e. The van der Waals surface area contributed by atoms with Crippen LogP contribution in [0.1, 0.15) is 19.9 Å². The van der Waals surface area contributed by atoms with Crippen LogP contribution in [0.2, 0.25) is 0 Å². The van der Waals surface area contributed by atoms with Crippen LogP contribution in [-0.4, -0.2) is 33.4 Å². The molecule has 21 heavy (non-hydrogen) atoms. The SMILES string of the molecule is CC(C)n1ncc2ccc(NC(=O)C3CSCN3)cc21.Cl. The maximum Gasteiger partial charge on any atom is 0.242 e. The monoisotopic (exact) mass is 326 g/mol. The van der Waals surface area contributed by atoms with Crippen molar-refractivity contribution in [1.29, 1.82) is 0 Å². The number of benzene rings is 1. The molecule has 3 rings (SSSR count). The molecule has 1 aromatic carbocycles. The Morgan fingerprint density at radius 3 is 3.00 bits per heavy atom. The number of nitrogens with one attached hydrogen (secondary N) is 2. The molecule has 1 amide bonds. The summed E-state index contributed by atoms with van der Waals surface area (Å²) in [5.41, 5.74) is 1.87. The minimum absolute atomic E-state index is 0. The second kappa shape index (κ2) is 6.68. The van der Waals surface area contributed by atoms with Gasteiger partial charge in [0.05, 0.1) is 17.8 Å². The van der Waals surface area contributed by atoms with Crippen LogP contribution in [0.5, 0.6) is 0 Å². The molecular weight excluding hydrogens is 308 g/mol. The molecule has 1 aliphatic heterocycles. The standard InChI is InChI=1S/C14H18N4OS.ClH/c1-9(2)18-13-5-11(4-3-10(13)6-16-18)17-14(19)12-7-20-8-15-12;/h3-6,9,12,15H,7-8H2,1-2H3,(H,17,19);1H. The van der Waals surface area contributed by atoms with E-state index in [4.69, 9.17) is 0 Å². The molecule has 5 nitrogen and oxygen atoms in total. The summed E-state index contributed by atoms with van der Waals surface area (Å²) in [6.45, 7) is 4.19. The number of thioether (sulfide) groups is 1. The molecule has 1 atom stereocenters. The van der Waals surface area contributed by atoms with Gasteiger partial charge in [-0.2, -0.15) is 5.10 Å². The molecule has 114 valence electrons. The van der Waals surface area contributed by atoms with Crippen LogP contribution >= 0.6 is 24.2 Å². The number of anilines is 1. The number of hydrogen-bond donors (Lipinski definition) is 2. The van der Waals surface area contributed by atoms with Gasteiger partial charge in [0.2, 0.25) is 5.91 Å². The zero-order valence-electron chi connectivity index (χ0n) is 12.0. The lowest BCUT2D eigenvalue weighted by Gasteiger charge is -2.12. The first-order valence-electron chi connectivity index (χ1n) is 6.74. The normalized spacial score (nSPS) is 18.0. The van der Waals surface area contributed by atoms with Gasteiger partial charge in [0.25, 0.3) is 0 Å². The largest absolute Gasteiger partial charge is 0.325 e. The van der Waals surface area contributed by atoms with Crippen LogP contribution in [0.25, 0.3) is 10.9 Å². The van der Waals surface area contributed by atoms with Crippen molar-refractivity contribution in [2.45, 2.75) is 25.9 Å². The maximum absolute atomic E-state index is 12.1. The third-order valence-corrected chi connectivity index (χ3v) is 4.33. The summed E-state index contributed by atoms with van der Waals surface area (Å²) in [4.78, 5) is 12.1. The summed E-state index contributed by atoms with van der Waals surface area (Å²) in [6.07, 6.45) is 1.86. The van der Waals surface area contributed by atoms with Crippen molar-refractivity contribution in [2.24, 2.45) is 0 Å². The lowest BCUT2D eigenvalue weighted by molar-refractivity contribution is -0.117. The summed E-state index contributed by atoms with van der Waals surface area (Å²) in [6, 6.07) is 6.11. The van der Waals surface area contributed by atoms with Crippen molar-refractivity contribution < 1.29 is 4.79 Å². The molecule has 0 spiro atoms. The fraction of sp³-hybridized carbons (Fsp3) is 0.429. The molecular formula is C14H19ClN4OS. The van der Waals surface area contributed by atoms with E-state index in [-0.39, 0.29) is 24.4 Å². The number of fused-ring (bicyclic) bond motifs is 1. The van der Waals surface area contributed by atoms with Crippen molar-refractivity contribution in [3.63, 3.8) is 0 Å². The van der Waals surface area contributed by atoms with Gasteiger partial charge in [-0.15, -0.1) is 24.2 Å². The number of rotatable bonds is 3. The number of amides is 1.